The summed E-state index contributed by atoms with van der Waals surface area (Å²) < 4.78 is 0. The number of nitrogens with one attached hydrogen (secondary N) is 1. The first-order valence-electron chi connectivity index (χ1n) is 5.86. The average molecular weight is 290 g/mol. The molecular formula is C11H18N2O7. The van der Waals surface area contributed by atoms with Crippen molar-refractivity contribution in [3.8, 4) is 0 Å². The fourth-order valence-corrected chi connectivity index (χ4v) is 1.65. The Bertz CT molecular complexity index is 416. The van der Waals surface area contributed by atoms with Gasteiger partial charge in [0.1, 0.15) is 0 Å². The Morgan fingerprint density at radius 1 is 1.15 bits per heavy atom. The molecule has 0 atom stereocenters. The molecule has 0 aromatic heterocycles. The lowest BCUT2D eigenvalue weighted by Gasteiger charge is -2.26. The van der Waals surface area contributed by atoms with Gasteiger partial charge in [-0.15, -0.1) is 0 Å². The lowest BCUT2D eigenvalue weighted by atomic mass is 9.88. The summed E-state index contributed by atoms with van der Waals surface area (Å²) in [7, 11) is 0. The number of nitrogens with zero attached hydrogens (tertiary/aromatic N) is 1. The fraction of sp³-hybridized carbons (Fsp3) is 0.727. The van der Waals surface area contributed by atoms with Crippen LogP contribution in [0.1, 0.15) is 40.0 Å². The second-order valence-corrected chi connectivity index (χ2v) is 5.12. The number of carbonyl (C=O) groups excluding carboxylic acids is 1. The predicted molar refractivity (Wildman–Crippen MR) is 66.7 cm³/mol. The zero-order valence-electron chi connectivity index (χ0n) is 11.5. The van der Waals surface area contributed by atoms with Gasteiger partial charge in [-0.1, -0.05) is 0 Å². The summed E-state index contributed by atoms with van der Waals surface area (Å²) in [5, 5.41) is 30.7. The van der Waals surface area contributed by atoms with Crippen molar-refractivity contribution in [1.82, 2.24) is 5.32 Å². The predicted octanol–water partition coefficient (Wildman–Crippen LogP) is 0.256. The maximum absolute atomic E-state index is 11.2. The van der Waals surface area contributed by atoms with Gasteiger partial charge in [-0.05, 0) is 12.8 Å². The maximum atomic E-state index is 11.2. The molecule has 0 aliphatic rings. The van der Waals surface area contributed by atoms with Gasteiger partial charge in [0.05, 0.1) is 0 Å². The molecule has 0 radical (unpaired) electrons. The van der Waals surface area contributed by atoms with E-state index in [-0.39, 0.29) is 12.8 Å². The maximum Gasteiger partial charge on any atom is 0.341 e. The van der Waals surface area contributed by atoms with Crippen molar-refractivity contribution in [2.24, 2.45) is 0 Å². The van der Waals surface area contributed by atoms with Crippen LogP contribution in [0.3, 0.4) is 0 Å². The molecule has 0 bridgehead atoms. The summed E-state index contributed by atoms with van der Waals surface area (Å²) in [6.45, 7) is 3.71. The minimum atomic E-state index is -2.46. The van der Waals surface area contributed by atoms with E-state index in [4.69, 9.17) is 10.2 Å². The Balaban J connectivity index is 5.01. The van der Waals surface area contributed by atoms with Crippen LogP contribution >= 0.6 is 0 Å². The van der Waals surface area contributed by atoms with Crippen LogP contribution in [0.15, 0.2) is 0 Å². The molecule has 0 aliphatic heterocycles. The number of hydrogen-bond acceptors (Lipinski definition) is 5. The molecule has 0 saturated carbocycles. The number of carboxylic acid groups (broad SMARTS) is 2. The van der Waals surface area contributed by atoms with Crippen LogP contribution in [0.2, 0.25) is 0 Å². The van der Waals surface area contributed by atoms with Crippen molar-refractivity contribution in [2.45, 2.75) is 51.1 Å². The number of hydrogen-bond donors (Lipinski definition) is 3. The molecule has 0 saturated heterocycles. The molecule has 0 fully saturated rings. The van der Waals surface area contributed by atoms with Gasteiger partial charge in [0.15, 0.2) is 0 Å². The first-order chi connectivity index (χ1) is 8.95. The molecule has 20 heavy (non-hydrogen) atoms. The zero-order chi connectivity index (χ0) is 16.1. The highest BCUT2D eigenvalue weighted by atomic mass is 16.6. The van der Waals surface area contributed by atoms with E-state index in [9.17, 15) is 24.5 Å². The molecule has 3 N–H and O–H groups in total. The van der Waals surface area contributed by atoms with Crippen molar-refractivity contribution in [3.63, 3.8) is 0 Å². The van der Waals surface area contributed by atoms with E-state index in [1.54, 1.807) is 0 Å². The van der Waals surface area contributed by atoms with Crippen molar-refractivity contribution in [1.29, 1.82) is 0 Å². The van der Waals surface area contributed by atoms with Crippen LogP contribution in [0.25, 0.3) is 0 Å². The fourth-order valence-electron chi connectivity index (χ4n) is 1.65. The third-order valence-electron chi connectivity index (χ3n) is 2.95. The first kappa shape index (κ1) is 17.8. The van der Waals surface area contributed by atoms with Crippen LogP contribution in [0, 0.1) is 10.1 Å². The highest BCUT2D eigenvalue weighted by molar-refractivity contribution is 6.06. The Labute approximate surface area is 115 Å². The van der Waals surface area contributed by atoms with Crippen LogP contribution in [0.4, 0.5) is 0 Å². The van der Waals surface area contributed by atoms with Gasteiger partial charge in [0.25, 0.3) is 0 Å². The van der Waals surface area contributed by atoms with Crippen LogP contribution in [0.5, 0.6) is 0 Å². The molecule has 0 spiro atoms. The number of aliphatic carboxylic acids is 2. The van der Waals surface area contributed by atoms with Crippen LogP contribution in [-0.2, 0) is 14.4 Å². The lowest BCUT2D eigenvalue weighted by Crippen LogP contribution is -2.59. The van der Waals surface area contributed by atoms with Gasteiger partial charge in [-0.3, -0.25) is 14.9 Å². The average Bonchev–Trinajstić information content (AvgIpc) is 2.25. The van der Waals surface area contributed by atoms with E-state index < -0.39 is 40.3 Å². The van der Waals surface area contributed by atoms with E-state index in [1.165, 1.54) is 13.8 Å². The molecule has 9 nitrogen and oxygen atoms in total. The zero-order valence-corrected chi connectivity index (χ0v) is 11.5. The number of amides is 1. The smallest absolute Gasteiger partial charge is 0.341 e. The van der Waals surface area contributed by atoms with Crippen molar-refractivity contribution < 1.29 is 29.5 Å². The summed E-state index contributed by atoms with van der Waals surface area (Å²) >= 11 is 0. The molecule has 0 rings (SSSR count). The Hall–Kier alpha value is -2.19. The molecule has 0 aromatic carbocycles. The van der Waals surface area contributed by atoms with Gasteiger partial charge in [-0.2, -0.15) is 0 Å². The summed E-state index contributed by atoms with van der Waals surface area (Å²) in [6, 6.07) is 0. The van der Waals surface area contributed by atoms with Gasteiger partial charge >= 0.3 is 11.9 Å². The lowest BCUT2D eigenvalue weighted by molar-refractivity contribution is -0.561. The van der Waals surface area contributed by atoms with E-state index in [1.807, 2.05) is 5.32 Å². The molecule has 9 heteroatoms. The summed E-state index contributed by atoms with van der Waals surface area (Å²) in [4.78, 5) is 43.5. The highest BCUT2D eigenvalue weighted by Gasteiger charge is 2.47. The number of carbonyl (C=O) groups is 3. The Morgan fingerprint density at radius 2 is 1.60 bits per heavy atom. The van der Waals surface area contributed by atoms with E-state index in [0.717, 1.165) is 6.92 Å². The molecular weight excluding hydrogens is 272 g/mol. The van der Waals surface area contributed by atoms with E-state index >= 15 is 0 Å². The summed E-state index contributed by atoms with van der Waals surface area (Å²) in [5.41, 5.74) is -3.75. The van der Waals surface area contributed by atoms with Crippen molar-refractivity contribution in [2.75, 3.05) is 0 Å². The van der Waals surface area contributed by atoms with Crippen LogP contribution in [-0.4, -0.2) is 44.1 Å². The van der Waals surface area contributed by atoms with E-state index in [2.05, 4.69) is 0 Å². The monoisotopic (exact) mass is 290 g/mol. The second-order valence-electron chi connectivity index (χ2n) is 5.12. The quantitative estimate of drug-likeness (QED) is 0.330. The Morgan fingerprint density at radius 3 is 1.90 bits per heavy atom. The number of nitro groups is 1. The molecule has 0 unspecified atom stereocenters. The molecule has 0 aromatic rings. The number of carboxylic acids is 2. The van der Waals surface area contributed by atoms with E-state index in [0.29, 0.717) is 0 Å². The summed E-state index contributed by atoms with van der Waals surface area (Å²) in [5.74, 6) is -4.22. The number of rotatable bonds is 8. The summed E-state index contributed by atoms with van der Waals surface area (Å²) in [6.07, 6.45) is -0.483. The van der Waals surface area contributed by atoms with Crippen molar-refractivity contribution in [3.05, 3.63) is 10.1 Å². The molecule has 114 valence electrons. The van der Waals surface area contributed by atoms with Crippen molar-refractivity contribution >= 4 is 17.8 Å². The van der Waals surface area contributed by atoms with Crippen LogP contribution < -0.4 is 5.32 Å². The van der Waals surface area contributed by atoms with Gasteiger partial charge in [0.2, 0.25) is 17.0 Å². The van der Waals surface area contributed by atoms with Gasteiger partial charge in [0, 0.05) is 32.1 Å². The highest BCUT2D eigenvalue weighted by Crippen LogP contribution is 2.22. The standard InChI is InChI=1S/C11H18N2O7/c1-7(14)12-11(8(15)16,9(17)18)6-4-5-10(2,3)13(19)20/h4-6H2,1-3H3,(H,12,14)(H,15,16)(H,17,18). The third kappa shape index (κ3) is 4.18. The normalized spacial score (nSPS) is 11.8. The Kier molecular flexibility index (Phi) is 5.62. The minimum Gasteiger partial charge on any atom is -0.479 e. The molecule has 1 amide bonds. The second kappa shape index (κ2) is 6.31. The third-order valence-corrected chi connectivity index (χ3v) is 2.95. The minimum absolute atomic E-state index is 0.0120. The largest absolute Gasteiger partial charge is 0.479 e. The SMILES string of the molecule is CC(=O)NC(CCCC(C)(C)[N+](=O)[O-])(C(=O)O)C(=O)O. The topological polar surface area (TPSA) is 147 Å². The van der Waals surface area contributed by atoms with Gasteiger partial charge in [-0.25, -0.2) is 9.59 Å². The van der Waals surface area contributed by atoms with Gasteiger partial charge < -0.3 is 15.5 Å². The molecule has 0 heterocycles. The first-order valence-corrected chi connectivity index (χ1v) is 5.86. The molecule has 0 aliphatic carbocycles.